The first-order valence-electron chi connectivity index (χ1n) is 8.34. The molecule has 0 spiro atoms. The number of aryl methyl sites for hydroxylation is 1. The lowest BCUT2D eigenvalue weighted by Gasteiger charge is -2.17. The molecule has 1 aromatic heterocycles. The molecule has 1 aliphatic rings. The summed E-state index contributed by atoms with van der Waals surface area (Å²) in [5.74, 6) is -0.763. The van der Waals surface area contributed by atoms with Gasteiger partial charge in [0.15, 0.2) is 0 Å². The number of thiazole rings is 1. The summed E-state index contributed by atoms with van der Waals surface area (Å²) < 4.78 is 1.08. The van der Waals surface area contributed by atoms with Crippen molar-refractivity contribution in [2.45, 2.75) is 13.3 Å². The highest BCUT2D eigenvalue weighted by molar-refractivity contribution is 7.18. The number of nitrogens with zero attached hydrogens (tertiary/aromatic N) is 2. The van der Waals surface area contributed by atoms with Crippen LogP contribution in [0.15, 0.2) is 36.4 Å². The first kappa shape index (κ1) is 18.2. The fraction of sp³-hybridized carbons (Fsp3) is 0.211. The zero-order valence-corrected chi connectivity index (χ0v) is 16.7. The van der Waals surface area contributed by atoms with Gasteiger partial charge in [-0.05, 0) is 43.3 Å². The SMILES string of the molecule is Cc1nc2cc(N3CC(C(=O)Nc4ccc(Cl)cc4Cl)CC3=O)ccc2s1. The Hall–Kier alpha value is -2.15. The molecule has 1 aliphatic heterocycles. The van der Waals surface area contributed by atoms with Gasteiger partial charge in [-0.25, -0.2) is 4.98 Å². The van der Waals surface area contributed by atoms with E-state index in [2.05, 4.69) is 10.3 Å². The number of hydrogen-bond acceptors (Lipinski definition) is 4. The lowest BCUT2D eigenvalue weighted by Crippen LogP contribution is -2.28. The quantitative estimate of drug-likeness (QED) is 0.656. The number of anilines is 2. The molecule has 4 rings (SSSR count). The van der Waals surface area contributed by atoms with Gasteiger partial charge in [0, 0.05) is 23.7 Å². The van der Waals surface area contributed by atoms with Gasteiger partial charge >= 0.3 is 0 Å². The van der Waals surface area contributed by atoms with Crippen LogP contribution >= 0.6 is 34.5 Å². The smallest absolute Gasteiger partial charge is 0.229 e. The van der Waals surface area contributed by atoms with Crippen LogP contribution in [0.3, 0.4) is 0 Å². The minimum Gasteiger partial charge on any atom is -0.324 e. The van der Waals surface area contributed by atoms with Crippen LogP contribution in [-0.2, 0) is 9.59 Å². The average Bonchev–Trinajstić information content (AvgIpc) is 3.18. The van der Waals surface area contributed by atoms with Crippen molar-refractivity contribution in [3.05, 3.63) is 51.5 Å². The summed E-state index contributed by atoms with van der Waals surface area (Å²) in [6, 6.07) is 10.6. The molecular formula is C19H15Cl2N3O2S. The van der Waals surface area contributed by atoms with E-state index in [-0.39, 0.29) is 18.2 Å². The minimum absolute atomic E-state index is 0.0799. The molecule has 8 heteroatoms. The number of rotatable bonds is 3. The molecule has 0 radical (unpaired) electrons. The Morgan fingerprint density at radius 3 is 2.85 bits per heavy atom. The van der Waals surface area contributed by atoms with Crippen molar-refractivity contribution in [3.8, 4) is 0 Å². The van der Waals surface area contributed by atoms with Crippen molar-refractivity contribution in [3.63, 3.8) is 0 Å². The molecule has 0 aliphatic carbocycles. The fourth-order valence-electron chi connectivity index (χ4n) is 3.16. The standard InChI is InChI=1S/C19H15Cl2N3O2S/c1-10-22-16-8-13(3-5-17(16)27-10)24-9-11(6-18(24)25)19(26)23-15-4-2-12(20)7-14(15)21/h2-5,7-8,11H,6,9H2,1H3,(H,23,26). The van der Waals surface area contributed by atoms with Crippen molar-refractivity contribution in [1.82, 2.24) is 4.98 Å². The third kappa shape index (κ3) is 3.65. The first-order valence-corrected chi connectivity index (χ1v) is 9.91. The van der Waals surface area contributed by atoms with Crippen LogP contribution < -0.4 is 10.2 Å². The van der Waals surface area contributed by atoms with E-state index in [1.54, 1.807) is 34.4 Å². The molecular weight excluding hydrogens is 405 g/mol. The lowest BCUT2D eigenvalue weighted by molar-refractivity contribution is -0.122. The maximum Gasteiger partial charge on any atom is 0.229 e. The van der Waals surface area contributed by atoms with E-state index >= 15 is 0 Å². The molecule has 2 heterocycles. The molecule has 1 N–H and O–H groups in total. The number of carbonyl (C=O) groups is 2. The van der Waals surface area contributed by atoms with Gasteiger partial charge in [-0.3, -0.25) is 9.59 Å². The number of carbonyl (C=O) groups excluding carboxylic acids is 2. The molecule has 2 amide bonds. The van der Waals surface area contributed by atoms with Crippen molar-refractivity contribution in [1.29, 1.82) is 0 Å². The molecule has 5 nitrogen and oxygen atoms in total. The molecule has 1 atom stereocenters. The predicted octanol–water partition coefficient (Wildman–Crippen LogP) is 4.90. The maximum atomic E-state index is 12.6. The number of aromatic nitrogens is 1. The normalized spacial score (nSPS) is 16.9. The maximum absolute atomic E-state index is 12.6. The third-order valence-electron chi connectivity index (χ3n) is 4.47. The Morgan fingerprint density at radius 1 is 1.26 bits per heavy atom. The van der Waals surface area contributed by atoms with Crippen molar-refractivity contribution in [2.24, 2.45) is 5.92 Å². The van der Waals surface area contributed by atoms with Gasteiger partial charge in [0.25, 0.3) is 0 Å². The Balaban J connectivity index is 1.51. The second-order valence-corrected chi connectivity index (χ2v) is 8.48. The highest BCUT2D eigenvalue weighted by Gasteiger charge is 2.35. The minimum atomic E-state index is -0.447. The lowest BCUT2D eigenvalue weighted by atomic mass is 10.1. The zero-order chi connectivity index (χ0) is 19.1. The monoisotopic (exact) mass is 419 g/mol. The average molecular weight is 420 g/mol. The van der Waals surface area contributed by atoms with Crippen LogP contribution in [0.2, 0.25) is 10.0 Å². The van der Waals surface area contributed by atoms with Gasteiger partial charge in [0.05, 0.1) is 31.9 Å². The Morgan fingerprint density at radius 2 is 2.07 bits per heavy atom. The zero-order valence-electron chi connectivity index (χ0n) is 14.3. The van der Waals surface area contributed by atoms with Crippen LogP contribution in [-0.4, -0.2) is 23.3 Å². The Kier molecular flexibility index (Phi) is 4.80. The highest BCUT2D eigenvalue weighted by Crippen LogP contribution is 2.31. The van der Waals surface area contributed by atoms with Crippen LogP contribution in [0.25, 0.3) is 10.2 Å². The van der Waals surface area contributed by atoms with E-state index in [1.165, 1.54) is 0 Å². The summed E-state index contributed by atoms with van der Waals surface area (Å²) in [5.41, 5.74) is 2.11. The molecule has 0 bridgehead atoms. The van der Waals surface area contributed by atoms with Crippen LogP contribution in [0.5, 0.6) is 0 Å². The number of fused-ring (bicyclic) bond motifs is 1. The second-order valence-electron chi connectivity index (χ2n) is 6.40. The number of halogens is 2. The number of amides is 2. The van der Waals surface area contributed by atoms with E-state index in [1.807, 2.05) is 25.1 Å². The van der Waals surface area contributed by atoms with E-state index in [9.17, 15) is 9.59 Å². The summed E-state index contributed by atoms with van der Waals surface area (Å²) in [5, 5.41) is 4.62. The van der Waals surface area contributed by atoms with Crippen LogP contribution in [0, 0.1) is 12.8 Å². The summed E-state index contributed by atoms with van der Waals surface area (Å²) >= 11 is 13.6. The van der Waals surface area contributed by atoms with Crippen LogP contribution in [0.1, 0.15) is 11.4 Å². The summed E-state index contributed by atoms with van der Waals surface area (Å²) in [6.07, 6.45) is 0.158. The summed E-state index contributed by atoms with van der Waals surface area (Å²) in [7, 11) is 0. The molecule has 27 heavy (non-hydrogen) atoms. The van der Waals surface area contributed by atoms with Gasteiger partial charge in [-0.15, -0.1) is 11.3 Å². The molecule has 138 valence electrons. The van der Waals surface area contributed by atoms with Crippen molar-refractivity contribution < 1.29 is 9.59 Å². The van der Waals surface area contributed by atoms with E-state index < -0.39 is 5.92 Å². The Bertz CT molecular complexity index is 1070. The largest absolute Gasteiger partial charge is 0.324 e. The van der Waals surface area contributed by atoms with E-state index in [0.29, 0.717) is 22.3 Å². The molecule has 1 fully saturated rings. The summed E-state index contributed by atoms with van der Waals surface area (Å²) in [6.45, 7) is 2.28. The molecule has 3 aromatic rings. The fourth-order valence-corrected chi connectivity index (χ4v) is 4.42. The molecule has 1 saturated heterocycles. The number of nitrogens with one attached hydrogen (secondary N) is 1. The number of benzene rings is 2. The molecule has 2 aromatic carbocycles. The first-order chi connectivity index (χ1) is 12.9. The van der Waals surface area contributed by atoms with Crippen molar-refractivity contribution in [2.75, 3.05) is 16.8 Å². The Labute approximate surface area is 169 Å². The van der Waals surface area contributed by atoms with Gasteiger partial charge in [-0.1, -0.05) is 23.2 Å². The molecule has 1 unspecified atom stereocenters. The van der Waals surface area contributed by atoms with E-state index in [4.69, 9.17) is 23.2 Å². The van der Waals surface area contributed by atoms with Gasteiger partial charge < -0.3 is 10.2 Å². The summed E-state index contributed by atoms with van der Waals surface area (Å²) in [4.78, 5) is 31.2. The van der Waals surface area contributed by atoms with Crippen molar-refractivity contribution >= 4 is 67.9 Å². The topological polar surface area (TPSA) is 62.3 Å². The van der Waals surface area contributed by atoms with Gasteiger partial charge in [-0.2, -0.15) is 0 Å². The number of hydrogen-bond donors (Lipinski definition) is 1. The predicted molar refractivity (Wildman–Crippen MR) is 110 cm³/mol. The van der Waals surface area contributed by atoms with E-state index in [0.717, 1.165) is 20.9 Å². The van der Waals surface area contributed by atoms with Gasteiger partial charge in [0.1, 0.15) is 0 Å². The highest BCUT2D eigenvalue weighted by atomic mass is 35.5. The molecule has 0 saturated carbocycles. The van der Waals surface area contributed by atoms with Crippen LogP contribution in [0.4, 0.5) is 11.4 Å². The second kappa shape index (κ2) is 7.11. The van der Waals surface area contributed by atoms with Gasteiger partial charge in [0.2, 0.25) is 11.8 Å². The third-order valence-corrected chi connectivity index (χ3v) is 5.97.